The van der Waals surface area contributed by atoms with Crippen LogP contribution in [0.1, 0.15) is 37.7 Å². The molecule has 2 rings (SSSR count). The quantitative estimate of drug-likeness (QED) is 0.739. The van der Waals surface area contributed by atoms with Crippen molar-refractivity contribution in [2.24, 2.45) is 13.0 Å². The van der Waals surface area contributed by atoms with Crippen molar-refractivity contribution in [2.75, 3.05) is 0 Å². The van der Waals surface area contributed by atoms with Crippen molar-refractivity contribution in [3.8, 4) is 0 Å². The molecule has 1 heterocycles. The van der Waals surface area contributed by atoms with Crippen LogP contribution in [0.4, 0.5) is 0 Å². The van der Waals surface area contributed by atoms with Crippen molar-refractivity contribution in [1.29, 1.82) is 0 Å². The number of rotatable bonds is 1. The summed E-state index contributed by atoms with van der Waals surface area (Å²) >= 11 is 0. The Labute approximate surface area is 84.8 Å². The topological polar surface area (TPSA) is 38.1 Å². The van der Waals surface area contributed by atoms with E-state index < -0.39 is 5.60 Å². The van der Waals surface area contributed by atoms with E-state index in [0.717, 1.165) is 30.8 Å². The molecule has 1 aliphatic carbocycles. The van der Waals surface area contributed by atoms with Gasteiger partial charge in [-0.2, -0.15) is 0 Å². The fourth-order valence-electron chi connectivity index (χ4n) is 2.43. The SMILES string of the molecule is Cc1ncc(C2(O)CCC(C)C2)n1C. The normalized spacial score (nSPS) is 32.4. The van der Waals surface area contributed by atoms with Gasteiger partial charge in [-0.05, 0) is 32.1 Å². The third-order valence-electron chi connectivity index (χ3n) is 3.43. The highest BCUT2D eigenvalue weighted by molar-refractivity contribution is 5.15. The summed E-state index contributed by atoms with van der Waals surface area (Å²) in [5.41, 5.74) is 0.342. The molecule has 1 fully saturated rings. The molecule has 0 spiro atoms. The van der Waals surface area contributed by atoms with Crippen molar-refractivity contribution < 1.29 is 5.11 Å². The fraction of sp³-hybridized carbons (Fsp3) is 0.727. The van der Waals surface area contributed by atoms with E-state index in [-0.39, 0.29) is 0 Å². The Morgan fingerprint density at radius 2 is 2.36 bits per heavy atom. The first kappa shape index (κ1) is 9.71. The Balaban J connectivity index is 2.35. The number of hydrogen-bond acceptors (Lipinski definition) is 2. The second-order valence-electron chi connectivity index (χ2n) is 4.63. The summed E-state index contributed by atoms with van der Waals surface area (Å²) in [5.74, 6) is 1.59. The Morgan fingerprint density at radius 3 is 2.79 bits per heavy atom. The number of aromatic nitrogens is 2. The summed E-state index contributed by atoms with van der Waals surface area (Å²) in [6, 6.07) is 0. The van der Waals surface area contributed by atoms with Crippen molar-refractivity contribution in [1.82, 2.24) is 9.55 Å². The molecule has 0 saturated heterocycles. The molecule has 1 aromatic heterocycles. The van der Waals surface area contributed by atoms with Crippen LogP contribution in [0, 0.1) is 12.8 Å². The smallest absolute Gasteiger partial charge is 0.106 e. The third-order valence-corrected chi connectivity index (χ3v) is 3.43. The maximum Gasteiger partial charge on any atom is 0.106 e. The molecule has 1 saturated carbocycles. The van der Waals surface area contributed by atoms with Gasteiger partial charge in [-0.3, -0.25) is 0 Å². The van der Waals surface area contributed by atoms with Crippen molar-refractivity contribution in [3.63, 3.8) is 0 Å². The maximum absolute atomic E-state index is 10.5. The predicted molar refractivity (Wildman–Crippen MR) is 54.9 cm³/mol. The van der Waals surface area contributed by atoms with Crippen LogP contribution < -0.4 is 0 Å². The van der Waals surface area contributed by atoms with E-state index in [1.165, 1.54) is 0 Å². The molecule has 0 bridgehead atoms. The minimum absolute atomic E-state index is 0.621. The predicted octanol–water partition coefficient (Wildman–Crippen LogP) is 1.74. The van der Waals surface area contributed by atoms with E-state index >= 15 is 0 Å². The van der Waals surface area contributed by atoms with Crippen LogP contribution in [0.2, 0.25) is 0 Å². The van der Waals surface area contributed by atoms with Crippen molar-refractivity contribution >= 4 is 0 Å². The highest BCUT2D eigenvalue weighted by atomic mass is 16.3. The largest absolute Gasteiger partial charge is 0.384 e. The number of aryl methyl sites for hydroxylation is 1. The van der Waals surface area contributed by atoms with Crippen LogP contribution in [-0.4, -0.2) is 14.7 Å². The van der Waals surface area contributed by atoms with Crippen LogP contribution in [0.3, 0.4) is 0 Å². The molecule has 1 N–H and O–H groups in total. The lowest BCUT2D eigenvalue weighted by Gasteiger charge is -2.23. The van der Waals surface area contributed by atoms with E-state index in [9.17, 15) is 5.11 Å². The summed E-state index contributed by atoms with van der Waals surface area (Å²) in [5, 5.41) is 10.5. The van der Waals surface area contributed by atoms with Gasteiger partial charge in [-0.1, -0.05) is 6.92 Å². The average molecular weight is 194 g/mol. The lowest BCUT2D eigenvalue weighted by atomic mass is 9.97. The van der Waals surface area contributed by atoms with Gasteiger partial charge in [-0.15, -0.1) is 0 Å². The zero-order chi connectivity index (χ0) is 10.3. The van der Waals surface area contributed by atoms with Gasteiger partial charge in [0, 0.05) is 7.05 Å². The number of imidazole rings is 1. The van der Waals surface area contributed by atoms with Gasteiger partial charge in [0.1, 0.15) is 11.4 Å². The van der Waals surface area contributed by atoms with Gasteiger partial charge in [0.05, 0.1) is 11.9 Å². The summed E-state index contributed by atoms with van der Waals surface area (Å²) < 4.78 is 2.00. The van der Waals surface area contributed by atoms with Crippen LogP contribution in [0.25, 0.3) is 0 Å². The van der Waals surface area contributed by atoms with Crippen LogP contribution in [0.15, 0.2) is 6.20 Å². The van der Waals surface area contributed by atoms with Crippen LogP contribution in [0.5, 0.6) is 0 Å². The first-order valence-electron chi connectivity index (χ1n) is 5.24. The highest BCUT2D eigenvalue weighted by Crippen LogP contribution is 2.41. The Kier molecular flexibility index (Phi) is 2.14. The lowest BCUT2D eigenvalue weighted by molar-refractivity contribution is 0.0333. The monoisotopic (exact) mass is 194 g/mol. The minimum Gasteiger partial charge on any atom is -0.384 e. The number of hydrogen-bond donors (Lipinski definition) is 1. The maximum atomic E-state index is 10.5. The minimum atomic E-state index is -0.630. The molecule has 2 atom stereocenters. The van der Waals surface area contributed by atoms with E-state index in [2.05, 4.69) is 11.9 Å². The van der Waals surface area contributed by atoms with E-state index in [0.29, 0.717) is 5.92 Å². The zero-order valence-corrected chi connectivity index (χ0v) is 9.12. The van der Waals surface area contributed by atoms with E-state index in [1.54, 1.807) is 0 Å². The van der Waals surface area contributed by atoms with Gasteiger partial charge < -0.3 is 9.67 Å². The second-order valence-corrected chi connectivity index (χ2v) is 4.63. The first-order chi connectivity index (χ1) is 6.53. The Hall–Kier alpha value is -0.830. The number of nitrogens with zero attached hydrogens (tertiary/aromatic N) is 2. The fourth-order valence-corrected chi connectivity index (χ4v) is 2.43. The molecule has 14 heavy (non-hydrogen) atoms. The molecule has 0 amide bonds. The molecule has 78 valence electrons. The van der Waals surface area contributed by atoms with Gasteiger partial charge in [-0.25, -0.2) is 4.98 Å². The second kappa shape index (κ2) is 3.09. The van der Waals surface area contributed by atoms with Crippen molar-refractivity contribution in [3.05, 3.63) is 17.7 Å². The molecular weight excluding hydrogens is 176 g/mol. The standard InChI is InChI=1S/C11H18N2O/c1-8-4-5-11(14,6-8)10-7-12-9(2)13(10)3/h7-8,14H,4-6H2,1-3H3. The molecule has 0 aliphatic heterocycles. The highest BCUT2D eigenvalue weighted by Gasteiger charge is 2.39. The molecule has 1 aliphatic rings. The van der Waals surface area contributed by atoms with E-state index in [4.69, 9.17) is 0 Å². The Bertz CT molecular complexity index is 345. The molecule has 0 aromatic carbocycles. The lowest BCUT2D eigenvalue weighted by Crippen LogP contribution is -2.24. The first-order valence-corrected chi connectivity index (χ1v) is 5.24. The number of aliphatic hydroxyl groups is 1. The molecule has 0 radical (unpaired) electrons. The van der Waals surface area contributed by atoms with Gasteiger partial charge in [0.15, 0.2) is 0 Å². The average Bonchev–Trinajstić information content (AvgIpc) is 2.60. The molecular formula is C11H18N2O. The van der Waals surface area contributed by atoms with Gasteiger partial charge in [0.25, 0.3) is 0 Å². The third kappa shape index (κ3) is 1.36. The zero-order valence-electron chi connectivity index (χ0n) is 9.12. The molecule has 2 unspecified atom stereocenters. The molecule has 1 aromatic rings. The Morgan fingerprint density at radius 1 is 1.64 bits per heavy atom. The van der Waals surface area contributed by atoms with Crippen LogP contribution >= 0.6 is 0 Å². The molecule has 3 nitrogen and oxygen atoms in total. The van der Waals surface area contributed by atoms with E-state index in [1.807, 2.05) is 24.7 Å². The van der Waals surface area contributed by atoms with Crippen LogP contribution in [-0.2, 0) is 12.6 Å². The van der Waals surface area contributed by atoms with Gasteiger partial charge >= 0.3 is 0 Å². The summed E-state index contributed by atoms with van der Waals surface area (Å²) in [4.78, 5) is 4.23. The molecule has 3 heteroatoms. The summed E-state index contributed by atoms with van der Waals surface area (Å²) in [6.07, 6.45) is 4.66. The van der Waals surface area contributed by atoms with Gasteiger partial charge in [0.2, 0.25) is 0 Å². The summed E-state index contributed by atoms with van der Waals surface area (Å²) in [6.45, 7) is 4.16. The summed E-state index contributed by atoms with van der Waals surface area (Å²) in [7, 11) is 1.97. The van der Waals surface area contributed by atoms with Crippen molar-refractivity contribution in [2.45, 2.75) is 38.7 Å².